The molecule has 9 heteroatoms. The molecule has 4 rings (SSSR count). The summed E-state index contributed by atoms with van der Waals surface area (Å²) in [5.74, 6) is -2.30. The number of nitrogens with one attached hydrogen (secondary N) is 1. The highest BCUT2D eigenvalue weighted by atomic mass is 32.2. The van der Waals surface area contributed by atoms with Gasteiger partial charge in [0.2, 0.25) is 0 Å². The molecular weight excluding hydrogens is 518 g/mol. The molecule has 1 N–H and O–H groups in total. The third-order valence-corrected chi connectivity index (χ3v) is 7.79. The average Bonchev–Trinajstić information content (AvgIpc) is 3.37. The molecule has 0 radical (unpaired) electrons. The van der Waals surface area contributed by atoms with Crippen LogP contribution < -0.4 is 5.32 Å². The Kier molecular flexibility index (Phi) is 9.01. The van der Waals surface area contributed by atoms with E-state index in [0.717, 1.165) is 22.5 Å². The average molecular weight is 550 g/mol. The van der Waals surface area contributed by atoms with Gasteiger partial charge in [0.15, 0.2) is 5.13 Å². The van der Waals surface area contributed by atoms with E-state index in [1.807, 2.05) is 35.9 Å². The number of para-hydroxylation sites is 1. The van der Waals surface area contributed by atoms with Crippen LogP contribution in [0.4, 0.5) is 10.8 Å². The number of thioether (sulfide) groups is 1. The summed E-state index contributed by atoms with van der Waals surface area (Å²) < 4.78 is 10.8. The van der Waals surface area contributed by atoms with Crippen molar-refractivity contribution in [2.45, 2.75) is 38.5 Å². The molecule has 0 saturated carbocycles. The number of allylic oxidation sites excluding steroid dienone is 1. The molecule has 1 aliphatic rings. The number of rotatable bonds is 9. The number of carbonyl (C=O) groups is 2. The SMILES string of the molecule is CCOC(=O)C1=C(C)N=C(C)C(C(=O)OCC)C1c1ccccc1Nc1nc(-c2ccc(SC)cc2)cs1. The zero-order chi connectivity index (χ0) is 27.2. The van der Waals surface area contributed by atoms with Crippen LogP contribution in [0.5, 0.6) is 0 Å². The van der Waals surface area contributed by atoms with E-state index in [0.29, 0.717) is 22.1 Å². The number of esters is 2. The molecule has 0 fully saturated rings. The predicted molar refractivity (Wildman–Crippen MR) is 154 cm³/mol. The fourth-order valence-corrected chi connectivity index (χ4v) is 5.75. The van der Waals surface area contributed by atoms with Gasteiger partial charge in [-0.25, -0.2) is 9.78 Å². The largest absolute Gasteiger partial charge is 0.465 e. The standard InChI is InChI=1S/C29H31N3O4S2/c1-6-35-27(33)24-17(3)30-18(4)25(28(34)36-7-2)26(24)21-10-8-9-11-22(21)31-29-32-23(16-38-29)19-12-14-20(37-5)15-13-19/h8-16,24,26H,6-7H2,1-5H3,(H,31,32). The highest BCUT2D eigenvalue weighted by molar-refractivity contribution is 7.98. The van der Waals surface area contributed by atoms with E-state index in [-0.39, 0.29) is 13.2 Å². The van der Waals surface area contributed by atoms with Crippen LogP contribution in [0.15, 0.2) is 75.1 Å². The predicted octanol–water partition coefficient (Wildman–Crippen LogP) is 6.85. The Labute approximate surface area is 231 Å². The van der Waals surface area contributed by atoms with Crippen molar-refractivity contribution in [3.8, 4) is 11.3 Å². The molecule has 0 saturated heterocycles. The number of carbonyl (C=O) groups excluding carboxylic acids is 2. The van der Waals surface area contributed by atoms with Crippen molar-refractivity contribution in [2.24, 2.45) is 10.9 Å². The first-order valence-electron chi connectivity index (χ1n) is 12.4. The Bertz CT molecular complexity index is 1380. The first-order valence-corrected chi connectivity index (χ1v) is 14.5. The molecule has 2 atom stereocenters. The molecule has 1 aromatic heterocycles. The number of anilines is 2. The molecule has 0 amide bonds. The van der Waals surface area contributed by atoms with Gasteiger partial charge in [0.05, 0.1) is 24.5 Å². The summed E-state index contributed by atoms with van der Waals surface area (Å²) >= 11 is 3.19. The first-order chi connectivity index (χ1) is 18.4. The quantitative estimate of drug-likeness (QED) is 0.231. The van der Waals surface area contributed by atoms with Crippen molar-refractivity contribution < 1.29 is 19.1 Å². The van der Waals surface area contributed by atoms with Crippen molar-refractivity contribution in [1.82, 2.24) is 4.98 Å². The second kappa shape index (κ2) is 12.4. The van der Waals surface area contributed by atoms with Crippen LogP contribution in [0, 0.1) is 5.92 Å². The van der Waals surface area contributed by atoms with E-state index in [9.17, 15) is 9.59 Å². The van der Waals surface area contributed by atoms with E-state index < -0.39 is 23.8 Å². The number of hydrogen-bond acceptors (Lipinski definition) is 9. The minimum absolute atomic E-state index is 0.217. The molecule has 0 spiro atoms. The Balaban J connectivity index is 1.74. The molecule has 198 valence electrons. The molecule has 2 heterocycles. The smallest absolute Gasteiger partial charge is 0.336 e. The Morgan fingerprint density at radius 3 is 2.42 bits per heavy atom. The maximum Gasteiger partial charge on any atom is 0.336 e. The van der Waals surface area contributed by atoms with Gasteiger partial charge in [0, 0.05) is 38.9 Å². The van der Waals surface area contributed by atoms with Crippen molar-refractivity contribution in [3.05, 3.63) is 70.7 Å². The van der Waals surface area contributed by atoms with Gasteiger partial charge in [-0.05, 0) is 57.7 Å². The number of aromatic nitrogens is 1. The normalized spacial score (nSPS) is 17.1. The van der Waals surface area contributed by atoms with Crippen LogP contribution in [-0.4, -0.2) is 42.1 Å². The molecule has 2 unspecified atom stereocenters. The lowest BCUT2D eigenvalue weighted by Gasteiger charge is -2.32. The Hall–Kier alpha value is -3.43. The summed E-state index contributed by atoms with van der Waals surface area (Å²) in [7, 11) is 0. The molecule has 38 heavy (non-hydrogen) atoms. The molecule has 1 aliphatic heterocycles. The fraction of sp³-hybridized carbons (Fsp3) is 0.310. The second-order valence-corrected chi connectivity index (χ2v) is 10.4. The summed E-state index contributed by atoms with van der Waals surface area (Å²) in [6.07, 6.45) is 2.05. The number of nitrogens with zero attached hydrogens (tertiary/aromatic N) is 2. The van der Waals surface area contributed by atoms with Crippen LogP contribution in [0.25, 0.3) is 11.3 Å². The number of thiazole rings is 1. The molecule has 2 aromatic carbocycles. The summed E-state index contributed by atoms with van der Waals surface area (Å²) in [6, 6.07) is 15.9. The van der Waals surface area contributed by atoms with Gasteiger partial charge < -0.3 is 14.8 Å². The highest BCUT2D eigenvalue weighted by Crippen LogP contribution is 2.43. The zero-order valence-electron chi connectivity index (χ0n) is 22.1. The molecule has 7 nitrogen and oxygen atoms in total. The summed E-state index contributed by atoms with van der Waals surface area (Å²) in [5, 5.41) is 6.14. The second-order valence-electron chi connectivity index (χ2n) is 8.66. The van der Waals surface area contributed by atoms with Crippen LogP contribution in [0.2, 0.25) is 0 Å². The van der Waals surface area contributed by atoms with E-state index >= 15 is 0 Å². The van der Waals surface area contributed by atoms with Gasteiger partial charge in [0.25, 0.3) is 0 Å². The highest BCUT2D eigenvalue weighted by Gasteiger charge is 2.43. The van der Waals surface area contributed by atoms with Gasteiger partial charge >= 0.3 is 11.9 Å². The maximum atomic E-state index is 13.2. The number of ether oxygens (including phenoxy) is 2. The first kappa shape index (κ1) is 27.6. The van der Waals surface area contributed by atoms with Crippen LogP contribution >= 0.6 is 23.1 Å². The lowest BCUT2D eigenvalue weighted by Crippen LogP contribution is -2.36. The lowest BCUT2D eigenvalue weighted by atomic mass is 9.75. The summed E-state index contributed by atoms with van der Waals surface area (Å²) in [6.45, 7) is 7.54. The zero-order valence-corrected chi connectivity index (χ0v) is 23.7. The third kappa shape index (κ3) is 5.84. The summed E-state index contributed by atoms with van der Waals surface area (Å²) in [5.41, 5.74) is 4.91. The van der Waals surface area contributed by atoms with Gasteiger partial charge in [-0.3, -0.25) is 9.79 Å². The summed E-state index contributed by atoms with van der Waals surface area (Å²) in [4.78, 5) is 36.9. The molecule has 0 aliphatic carbocycles. The van der Waals surface area contributed by atoms with E-state index in [4.69, 9.17) is 14.5 Å². The van der Waals surface area contributed by atoms with E-state index in [2.05, 4.69) is 34.6 Å². The number of hydrogen-bond donors (Lipinski definition) is 1. The van der Waals surface area contributed by atoms with Crippen LogP contribution in [-0.2, 0) is 19.1 Å². The lowest BCUT2D eigenvalue weighted by molar-refractivity contribution is -0.146. The van der Waals surface area contributed by atoms with Gasteiger partial charge in [-0.15, -0.1) is 23.1 Å². The van der Waals surface area contributed by atoms with Crippen molar-refractivity contribution in [3.63, 3.8) is 0 Å². The van der Waals surface area contributed by atoms with E-state index in [1.165, 1.54) is 16.2 Å². The van der Waals surface area contributed by atoms with Crippen molar-refractivity contribution >= 4 is 51.6 Å². The van der Waals surface area contributed by atoms with Crippen LogP contribution in [0.3, 0.4) is 0 Å². The topological polar surface area (TPSA) is 89.9 Å². The number of benzene rings is 2. The minimum Gasteiger partial charge on any atom is -0.465 e. The fourth-order valence-electron chi connectivity index (χ4n) is 4.61. The van der Waals surface area contributed by atoms with Gasteiger partial charge in [-0.1, -0.05) is 30.3 Å². The van der Waals surface area contributed by atoms with Gasteiger partial charge in [0.1, 0.15) is 5.92 Å². The monoisotopic (exact) mass is 549 g/mol. The van der Waals surface area contributed by atoms with Gasteiger partial charge in [-0.2, -0.15) is 0 Å². The minimum atomic E-state index is -0.761. The Morgan fingerprint density at radius 2 is 1.74 bits per heavy atom. The Morgan fingerprint density at radius 1 is 1.03 bits per heavy atom. The van der Waals surface area contributed by atoms with E-state index in [1.54, 1.807) is 39.5 Å². The molecular formula is C29H31N3O4S2. The molecule has 0 bridgehead atoms. The van der Waals surface area contributed by atoms with Crippen LogP contribution in [0.1, 0.15) is 39.2 Å². The number of aliphatic imine (C=N–C) groups is 1. The third-order valence-electron chi connectivity index (χ3n) is 6.29. The van der Waals surface area contributed by atoms with Crippen molar-refractivity contribution in [1.29, 1.82) is 0 Å². The molecule has 3 aromatic rings. The maximum absolute atomic E-state index is 13.2. The van der Waals surface area contributed by atoms with Crippen molar-refractivity contribution in [2.75, 3.05) is 24.8 Å².